The highest BCUT2D eigenvalue weighted by molar-refractivity contribution is 6.31. The summed E-state index contributed by atoms with van der Waals surface area (Å²) in [7, 11) is 0. The van der Waals surface area contributed by atoms with Gasteiger partial charge in [0.05, 0.1) is 4.92 Å². The average Bonchev–Trinajstić information content (AvgIpc) is 2.26. The van der Waals surface area contributed by atoms with E-state index in [9.17, 15) is 10.1 Å². The molecule has 0 amide bonds. The molecule has 1 rings (SSSR count). The van der Waals surface area contributed by atoms with Crippen LogP contribution in [0.3, 0.4) is 0 Å². The molecular weight excluding hydrogens is 228 g/mol. The van der Waals surface area contributed by atoms with E-state index in [2.05, 4.69) is 11.9 Å². The number of halogens is 1. The topological polar surface area (TPSA) is 55.2 Å². The first-order valence-corrected chi connectivity index (χ1v) is 5.27. The molecule has 0 radical (unpaired) electrons. The maximum atomic E-state index is 10.6. The van der Waals surface area contributed by atoms with Gasteiger partial charge in [0, 0.05) is 23.7 Å². The van der Waals surface area contributed by atoms with Crippen LogP contribution in [0.2, 0.25) is 5.02 Å². The van der Waals surface area contributed by atoms with Crippen molar-refractivity contribution in [2.45, 2.75) is 13.0 Å². The number of nitrogens with one attached hydrogen (secondary N) is 1. The zero-order valence-corrected chi connectivity index (χ0v) is 9.54. The van der Waals surface area contributed by atoms with Gasteiger partial charge in [0.25, 0.3) is 5.69 Å². The predicted octanol–water partition coefficient (Wildman–Crippen LogP) is 2.91. The van der Waals surface area contributed by atoms with E-state index in [1.54, 1.807) is 6.07 Å². The monoisotopic (exact) mass is 240 g/mol. The van der Waals surface area contributed by atoms with E-state index >= 15 is 0 Å². The number of hydrogen-bond acceptors (Lipinski definition) is 3. The molecule has 16 heavy (non-hydrogen) atoms. The minimum atomic E-state index is -0.427. The Balaban J connectivity index is 2.66. The highest BCUT2D eigenvalue weighted by Gasteiger charge is 2.08. The van der Waals surface area contributed by atoms with E-state index in [1.807, 2.05) is 6.08 Å². The first kappa shape index (κ1) is 12.7. The third-order valence-electron chi connectivity index (χ3n) is 2.08. The van der Waals surface area contributed by atoms with Gasteiger partial charge < -0.3 is 5.32 Å². The summed E-state index contributed by atoms with van der Waals surface area (Å²) in [5.74, 6) is 0. The van der Waals surface area contributed by atoms with Gasteiger partial charge in [-0.05, 0) is 24.6 Å². The number of nitro groups is 1. The van der Waals surface area contributed by atoms with Crippen LogP contribution in [0.5, 0.6) is 0 Å². The summed E-state index contributed by atoms with van der Waals surface area (Å²) in [5, 5.41) is 14.2. The van der Waals surface area contributed by atoms with Gasteiger partial charge in [0.15, 0.2) is 0 Å². The highest BCUT2D eigenvalue weighted by atomic mass is 35.5. The predicted molar refractivity (Wildman–Crippen MR) is 64.6 cm³/mol. The summed E-state index contributed by atoms with van der Waals surface area (Å²) >= 11 is 5.93. The largest absolute Gasteiger partial charge is 0.312 e. The molecule has 1 N–H and O–H groups in total. The van der Waals surface area contributed by atoms with E-state index in [4.69, 9.17) is 11.6 Å². The molecule has 0 fully saturated rings. The zero-order valence-electron chi connectivity index (χ0n) is 8.78. The van der Waals surface area contributed by atoms with Crippen molar-refractivity contribution in [3.8, 4) is 0 Å². The van der Waals surface area contributed by atoms with Crippen LogP contribution in [0.1, 0.15) is 12.0 Å². The third kappa shape index (κ3) is 3.64. The highest BCUT2D eigenvalue weighted by Crippen LogP contribution is 2.21. The van der Waals surface area contributed by atoms with Crippen LogP contribution >= 0.6 is 11.6 Å². The SMILES string of the molecule is C=CCCNCc1cc([N+](=O)[O-])ccc1Cl. The molecule has 0 bridgehead atoms. The molecule has 86 valence electrons. The third-order valence-corrected chi connectivity index (χ3v) is 2.45. The second kappa shape index (κ2) is 6.25. The molecule has 0 atom stereocenters. The zero-order chi connectivity index (χ0) is 12.0. The summed E-state index contributed by atoms with van der Waals surface area (Å²) in [4.78, 5) is 10.1. The van der Waals surface area contributed by atoms with Gasteiger partial charge in [-0.25, -0.2) is 0 Å². The van der Waals surface area contributed by atoms with Gasteiger partial charge in [0.1, 0.15) is 0 Å². The number of benzene rings is 1. The van der Waals surface area contributed by atoms with Crippen LogP contribution in [0.25, 0.3) is 0 Å². The van der Waals surface area contributed by atoms with Crippen LogP contribution in [0.15, 0.2) is 30.9 Å². The van der Waals surface area contributed by atoms with E-state index in [0.717, 1.165) is 18.5 Å². The Morgan fingerprint density at radius 1 is 1.56 bits per heavy atom. The number of rotatable bonds is 6. The van der Waals surface area contributed by atoms with E-state index in [-0.39, 0.29) is 5.69 Å². The van der Waals surface area contributed by atoms with E-state index in [0.29, 0.717) is 11.6 Å². The maximum absolute atomic E-state index is 10.6. The fraction of sp³-hybridized carbons (Fsp3) is 0.273. The standard InChI is InChI=1S/C11H13ClN2O2/c1-2-3-6-13-8-9-7-10(14(15)16)4-5-11(9)12/h2,4-5,7,13H,1,3,6,8H2. The second-order valence-electron chi connectivity index (χ2n) is 3.29. The van der Waals surface area contributed by atoms with E-state index in [1.165, 1.54) is 12.1 Å². The summed E-state index contributed by atoms with van der Waals surface area (Å²) < 4.78 is 0. The quantitative estimate of drug-likeness (QED) is 0.360. The summed E-state index contributed by atoms with van der Waals surface area (Å²) in [6, 6.07) is 4.43. The van der Waals surface area contributed by atoms with E-state index < -0.39 is 4.92 Å². The van der Waals surface area contributed by atoms with Crippen molar-refractivity contribution in [1.82, 2.24) is 5.32 Å². The summed E-state index contributed by atoms with van der Waals surface area (Å²) in [5.41, 5.74) is 0.796. The normalized spacial score (nSPS) is 10.1. The van der Waals surface area contributed by atoms with Crippen molar-refractivity contribution in [2.75, 3.05) is 6.54 Å². The first-order valence-electron chi connectivity index (χ1n) is 4.89. The summed E-state index contributed by atoms with van der Waals surface area (Å²) in [6.45, 7) is 4.91. The number of nitro benzene ring substituents is 1. The van der Waals surface area contributed by atoms with Gasteiger partial charge in [-0.3, -0.25) is 10.1 Å². The maximum Gasteiger partial charge on any atom is 0.269 e. The Morgan fingerprint density at radius 2 is 2.31 bits per heavy atom. The van der Waals surface area contributed by atoms with Crippen molar-refractivity contribution < 1.29 is 4.92 Å². The fourth-order valence-corrected chi connectivity index (χ4v) is 1.42. The molecule has 0 heterocycles. The average molecular weight is 241 g/mol. The van der Waals surface area contributed by atoms with Gasteiger partial charge in [-0.1, -0.05) is 17.7 Å². The van der Waals surface area contributed by atoms with Crippen LogP contribution < -0.4 is 5.32 Å². The van der Waals surface area contributed by atoms with Crippen LogP contribution in [-0.2, 0) is 6.54 Å². The molecular formula is C11H13ClN2O2. The molecule has 0 aliphatic rings. The van der Waals surface area contributed by atoms with Gasteiger partial charge in [0.2, 0.25) is 0 Å². The second-order valence-corrected chi connectivity index (χ2v) is 3.69. The van der Waals surface area contributed by atoms with Crippen molar-refractivity contribution in [2.24, 2.45) is 0 Å². The minimum Gasteiger partial charge on any atom is -0.312 e. The molecule has 1 aromatic rings. The summed E-state index contributed by atoms with van der Waals surface area (Å²) in [6.07, 6.45) is 2.66. The molecule has 0 aliphatic heterocycles. The molecule has 4 nitrogen and oxygen atoms in total. The number of non-ortho nitro benzene ring substituents is 1. The Labute approximate surface area is 99.1 Å². The van der Waals surface area contributed by atoms with Crippen molar-refractivity contribution in [3.63, 3.8) is 0 Å². The van der Waals surface area contributed by atoms with Crippen molar-refractivity contribution in [1.29, 1.82) is 0 Å². The minimum absolute atomic E-state index is 0.0601. The lowest BCUT2D eigenvalue weighted by atomic mass is 10.2. The number of hydrogen-bond donors (Lipinski definition) is 1. The molecule has 0 saturated carbocycles. The Bertz CT molecular complexity index is 394. The van der Waals surface area contributed by atoms with Gasteiger partial charge in [-0.2, -0.15) is 0 Å². The Hall–Kier alpha value is -1.39. The molecule has 0 aromatic heterocycles. The smallest absolute Gasteiger partial charge is 0.269 e. The fourth-order valence-electron chi connectivity index (χ4n) is 1.24. The molecule has 0 spiro atoms. The molecule has 0 saturated heterocycles. The molecule has 0 unspecified atom stereocenters. The molecule has 0 aliphatic carbocycles. The van der Waals surface area contributed by atoms with Crippen LogP contribution in [-0.4, -0.2) is 11.5 Å². The van der Waals surface area contributed by atoms with Crippen molar-refractivity contribution >= 4 is 17.3 Å². The first-order chi connectivity index (χ1) is 7.65. The van der Waals surface area contributed by atoms with Crippen molar-refractivity contribution in [3.05, 3.63) is 51.6 Å². The van der Waals surface area contributed by atoms with Gasteiger partial charge >= 0.3 is 0 Å². The lowest BCUT2D eigenvalue weighted by molar-refractivity contribution is -0.384. The van der Waals surface area contributed by atoms with Crippen LogP contribution in [0.4, 0.5) is 5.69 Å². The molecule has 1 aromatic carbocycles. The molecule has 5 heteroatoms. The van der Waals surface area contributed by atoms with Gasteiger partial charge in [-0.15, -0.1) is 6.58 Å². The Kier molecular flexibility index (Phi) is 4.95. The lowest BCUT2D eigenvalue weighted by Gasteiger charge is -2.05. The van der Waals surface area contributed by atoms with Crippen LogP contribution in [0, 0.1) is 10.1 Å². The lowest BCUT2D eigenvalue weighted by Crippen LogP contribution is -2.14. The Morgan fingerprint density at radius 3 is 2.94 bits per heavy atom. The number of nitrogens with zero attached hydrogens (tertiary/aromatic N) is 1.